The van der Waals surface area contributed by atoms with Gasteiger partial charge in [-0.3, -0.25) is 4.79 Å². The number of nitrogens with zero attached hydrogens (tertiary/aromatic N) is 2. The van der Waals surface area contributed by atoms with Crippen LogP contribution >= 0.6 is 0 Å². The van der Waals surface area contributed by atoms with Crippen molar-refractivity contribution in [2.75, 3.05) is 11.9 Å². The largest absolute Gasteiger partial charge is 0.481 e. The quantitative estimate of drug-likeness (QED) is 0.740. The molecule has 0 aromatic carbocycles. The lowest BCUT2D eigenvalue weighted by Gasteiger charge is -2.08. The van der Waals surface area contributed by atoms with Gasteiger partial charge in [0.25, 0.3) is 0 Å². The molecule has 5 heteroatoms. The molecule has 0 bridgehead atoms. The van der Waals surface area contributed by atoms with E-state index in [9.17, 15) is 4.79 Å². The molecule has 0 amide bonds. The van der Waals surface area contributed by atoms with Crippen molar-refractivity contribution in [3.05, 3.63) is 17.6 Å². The zero-order valence-corrected chi connectivity index (χ0v) is 10.5. The Bertz CT molecular complexity index is 373. The summed E-state index contributed by atoms with van der Waals surface area (Å²) in [5.41, 5.74) is 0.930. The molecule has 2 N–H and O–H groups in total. The molecule has 1 aromatic rings. The number of carboxylic acids is 1. The summed E-state index contributed by atoms with van der Waals surface area (Å²) in [6.07, 6.45) is 1.49. The lowest BCUT2D eigenvalue weighted by molar-refractivity contribution is -0.141. The summed E-state index contributed by atoms with van der Waals surface area (Å²) in [7, 11) is 0. The minimum absolute atomic E-state index is 0.286. The van der Waals surface area contributed by atoms with E-state index in [0.717, 1.165) is 30.3 Å². The number of nitrogens with one attached hydrogen (secondary N) is 1. The van der Waals surface area contributed by atoms with Gasteiger partial charge in [-0.05, 0) is 26.7 Å². The molecule has 0 aliphatic carbocycles. The van der Waals surface area contributed by atoms with E-state index in [2.05, 4.69) is 15.3 Å². The maximum Gasteiger partial charge on any atom is 0.306 e. The molecule has 0 aliphatic rings. The minimum atomic E-state index is -0.737. The van der Waals surface area contributed by atoms with Crippen LogP contribution in [0.5, 0.6) is 0 Å². The van der Waals surface area contributed by atoms with Crippen LogP contribution in [0.4, 0.5) is 5.82 Å². The third kappa shape index (κ3) is 4.80. The molecular weight excluding hydrogens is 218 g/mol. The van der Waals surface area contributed by atoms with E-state index in [1.165, 1.54) is 0 Å². The van der Waals surface area contributed by atoms with Crippen LogP contribution in [-0.4, -0.2) is 27.6 Å². The van der Waals surface area contributed by atoms with E-state index in [1.807, 2.05) is 19.9 Å². The fraction of sp³-hybridized carbons (Fsp3) is 0.583. The Hall–Kier alpha value is -1.65. The highest BCUT2D eigenvalue weighted by molar-refractivity contribution is 5.69. The number of anilines is 1. The molecule has 0 saturated carbocycles. The molecule has 0 radical (unpaired) electrons. The van der Waals surface area contributed by atoms with Gasteiger partial charge in [-0.25, -0.2) is 9.97 Å². The second-order valence-corrected chi connectivity index (χ2v) is 4.25. The van der Waals surface area contributed by atoms with Gasteiger partial charge in [-0.2, -0.15) is 0 Å². The van der Waals surface area contributed by atoms with Crippen molar-refractivity contribution in [2.45, 2.75) is 33.6 Å². The standard InChI is InChI=1S/C12H19N3O2/c1-8(12(16)17)5-4-6-13-11-7-9(2)14-10(3)15-11/h7-8H,4-6H2,1-3H3,(H,16,17)(H,13,14,15). The molecule has 1 heterocycles. The zero-order valence-electron chi connectivity index (χ0n) is 10.5. The molecule has 5 nitrogen and oxygen atoms in total. The highest BCUT2D eigenvalue weighted by atomic mass is 16.4. The first-order valence-corrected chi connectivity index (χ1v) is 5.78. The van der Waals surface area contributed by atoms with E-state index in [-0.39, 0.29) is 5.92 Å². The van der Waals surface area contributed by atoms with Crippen molar-refractivity contribution in [1.82, 2.24) is 9.97 Å². The number of carbonyl (C=O) groups is 1. The third-order valence-corrected chi connectivity index (χ3v) is 2.51. The third-order valence-electron chi connectivity index (χ3n) is 2.51. The van der Waals surface area contributed by atoms with Gasteiger partial charge >= 0.3 is 5.97 Å². The number of aromatic nitrogens is 2. The monoisotopic (exact) mass is 237 g/mol. The first kappa shape index (κ1) is 13.4. The van der Waals surface area contributed by atoms with Gasteiger partial charge in [0.1, 0.15) is 11.6 Å². The van der Waals surface area contributed by atoms with E-state index >= 15 is 0 Å². The van der Waals surface area contributed by atoms with Gasteiger partial charge in [0.15, 0.2) is 0 Å². The Morgan fingerprint density at radius 1 is 1.47 bits per heavy atom. The summed E-state index contributed by atoms with van der Waals surface area (Å²) in [4.78, 5) is 19.0. The summed E-state index contributed by atoms with van der Waals surface area (Å²) < 4.78 is 0. The van der Waals surface area contributed by atoms with Gasteiger partial charge in [-0.1, -0.05) is 6.92 Å². The van der Waals surface area contributed by atoms with Gasteiger partial charge in [0.05, 0.1) is 5.92 Å². The van der Waals surface area contributed by atoms with Crippen molar-refractivity contribution >= 4 is 11.8 Å². The summed E-state index contributed by atoms with van der Waals surface area (Å²) in [6.45, 7) is 6.23. The van der Waals surface area contributed by atoms with Crippen LogP contribution in [0.1, 0.15) is 31.3 Å². The average Bonchev–Trinajstić information content (AvgIpc) is 2.22. The highest BCUT2D eigenvalue weighted by Crippen LogP contribution is 2.08. The van der Waals surface area contributed by atoms with Gasteiger partial charge in [0, 0.05) is 18.3 Å². The fourth-order valence-corrected chi connectivity index (χ4v) is 1.56. The van der Waals surface area contributed by atoms with E-state index < -0.39 is 5.97 Å². The van der Waals surface area contributed by atoms with Gasteiger partial charge in [-0.15, -0.1) is 0 Å². The zero-order chi connectivity index (χ0) is 12.8. The lowest BCUT2D eigenvalue weighted by Crippen LogP contribution is -2.12. The summed E-state index contributed by atoms with van der Waals surface area (Å²) in [6, 6.07) is 1.88. The minimum Gasteiger partial charge on any atom is -0.481 e. The Morgan fingerprint density at radius 3 is 2.76 bits per heavy atom. The Morgan fingerprint density at radius 2 is 2.18 bits per heavy atom. The molecule has 0 saturated heterocycles. The van der Waals surface area contributed by atoms with Crippen LogP contribution in [0.2, 0.25) is 0 Å². The molecule has 1 unspecified atom stereocenters. The Labute approximate surface area is 101 Å². The number of hydrogen-bond acceptors (Lipinski definition) is 4. The summed E-state index contributed by atoms with van der Waals surface area (Å²) in [5, 5.41) is 11.9. The SMILES string of the molecule is Cc1cc(NCCCC(C)C(=O)O)nc(C)n1. The highest BCUT2D eigenvalue weighted by Gasteiger charge is 2.09. The van der Waals surface area contributed by atoms with Crippen LogP contribution in [0.3, 0.4) is 0 Å². The van der Waals surface area contributed by atoms with Crippen LogP contribution in [0.15, 0.2) is 6.07 Å². The van der Waals surface area contributed by atoms with Crippen LogP contribution in [-0.2, 0) is 4.79 Å². The second kappa shape index (κ2) is 6.18. The van der Waals surface area contributed by atoms with Crippen molar-refractivity contribution < 1.29 is 9.90 Å². The molecule has 17 heavy (non-hydrogen) atoms. The molecule has 1 aromatic heterocycles. The number of carboxylic acid groups (broad SMARTS) is 1. The van der Waals surface area contributed by atoms with E-state index in [4.69, 9.17) is 5.11 Å². The number of aliphatic carboxylic acids is 1. The number of rotatable bonds is 6. The van der Waals surface area contributed by atoms with Crippen molar-refractivity contribution in [3.63, 3.8) is 0 Å². The fourth-order valence-electron chi connectivity index (χ4n) is 1.56. The van der Waals surface area contributed by atoms with Crippen molar-refractivity contribution in [1.29, 1.82) is 0 Å². The van der Waals surface area contributed by atoms with Crippen LogP contribution in [0.25, 0.3) is 0 Å². The van der Waals surface area contributed by atoms with Gasteiger partial charge in [0.2, 0.25) is 0 Å². The van der Waals surface area contributed by atoms with Crippen molar-refractivity contribution in [2.24, 2.45) is 5.92 Å². The van der Waals surface area contributed by atoms with Crippen molar-refractivity contribution in [3.8, 4) is 0 Å². The smallest absolute Gasteiger partial charge is 0.306 e. The molecule has 1 rings (SSSR count). The van der Waals surface area contributed by atoms with Crippen LogP contribution in [0, 0.1) is 19.8 Å². The normalized spacial score (nSPS) is 12.2. The molecule has 1 atom stereocenters. The topological polar surface area (TPSA) is 75.1 Å². The molecule has 0 fully saturated rings. The first-order valence-electron chi connectivity index (χ1n) is 5.78. The molecule has 0 aliphatic heterocycles. The average molecular weight is 237 g/mol. The summed E-state index contributed by atoms with van der Waals surface area (Å²) >= 11 is 0. The maximum atomic E-state index is 10.6. The Kier molecular flexibility index (Phi) is 4.87. The first-order chi connectivity index (χ1) is 7.99. The lowest BCUT2D eigenvalue weighted by atomic mass is 10.1. The number of hydrogen-bond donors (Lipinski definition) is 2. The van der Waals surface area contributed by atoms with Gasteiger partial charge < -0.3 is 10.4 Å². The number of aryl methyl sites for hydroxylation is 2. The maximum absolute atomic E-state index is 10.6. The molecule has 0 spiro atoms. The van der Waals surface area contributed by atoms with E-state index in [0.29, 0.717) is 6.42 Å². The Balaban J connectivity index is 2.33. The molecule has 94 valence electrons. The summed E-state index contributed by atoms with van der Waals surface area (Å²) in [5.74, 6) is 0.522. The molecular formula is C12H19N3O2. The second-order valence-electron chi connectivity index (χ2n) is 4.25. The predicted octanol–water partition coefficient (Wildman–Crippen LogP) is 2.01. The predicted molar refractivity (Wildman–Crippen MR) is 66.0 cm³/mol. The van der Waals surface area contributed by atoms with E-state index in [1.54, 1.807) is 6.92 Å². The van der Waals surface area contributed by atoms with Crippen LogP contribution < -0.4 is 5.32 Å².